The van der Waals surface area contributed by atoms with Crippen LogP contribution in [0, 0.1) is 13.8 Å². The number of aromatic nitrogens is 1. The van der Waals surface area contributed by atoms with E-state index in [2.05, 4.69) is 30.5 Å². The maximum atomic E-state index is 13.0. The molecule has 0 saturated carbocycles. The third-order valence-electron chi connectivity index (χ3n) is 5.49. The minimum absolute atomic E-state index is 0.0509. The molecule has 2 amide bonds. The number of carbonyl (C=O) groups is 2. The largest absolute Gasteiger partial charge is 0.341 e. The molecule has 6 heteroatoms. The summed E-state index contributed by atoms with van der Waals surface area (Å²) >= 11 is 1.66. The van der Waals surface area contributed by atoms with Crippen LogP contribution >= 0.6 is 11.8 Å². The van der Waals surface area contributed by atoms with E-state index in [9.17, 15) is 9.59 Å². The van der Waals surface area contributed by atoms with Gasteiger partial charge in [-0.25, -0.2) is 0 Å². The van der Waals surface area contributed by atoms with Gasteiger partial charge in [0.05, 0.1) is 5.88 Å². The molecule has 1 atom stereocenters. The Morgan fingerprint density at radius 3 is 2.22 bits per heavy atom. The van der Waals surface area contributed by atoms with E-state index < -0.39 is 0 Å². The van der Waals surface area contributed by atoms with Crippen molar-refractivity contribution in [3.63, 3.8) is 0 Å². The van der Waals surface area contributed by atoms with Gasteiger partial charge in [-0.2, -0.15) is 0 Å². The smallest absolute Gasteiger partial charge is 0.255 e. The molecule has 3 heterocycles. The fourth-order valence-electron chi connectivity index (χ4n) is 3.99. The molecule has 1 unspecified atom stereocenters. The van der Waals surface area contributed by atoms with Crippen molar-refractivity contribution in [2.75, 3.05) is 24.7 Å². The first-order chi connectivity index (χ1) is 13.1. The molecule has 1 aromatic carbocycles. The third kappa shape index (κ3) is 3.38. The maximum absolute atomic E-state index is 13.0. The fourth-order valence-corrected chi connectivity index (χ4v) is 5.14. The van der Waals surface area contributed by atoms with Gasteiger partial charge in [-0.3, -0.25) is 9.59 Å². The summed E-state index contributed by atoms with van der Waals surface area (Å²) in [5, 5.41) is 0. The van der Waals surface area contributed by atoms with Crippen LogP contribution in [-0.4, -0.2) is 56.9 Å². The molecule has 0 radical (unpaired) electrons. The van der Waals surface area contributed by atoms with Crippen molar-refractivity contribution in [2.24, 2.45) is 0 Å². The Kier molecular flexibility index (Phi) is 5.00. The molecule has 0 spiro atoms. The van der Waals surface area contributed by atoms with Crippen molar-refractivity contribution in [3.8, 4) is 5.69 Å². The van der Waals surface area contributed by atoms with Crippen molar-refractivity contribution < 1.29 is 9.59 Å². The van der Waals surface area contributed by atoms with Gasteiger partial charge in [0.15, 0.2) is 0 Å². The van der Waals surface area contributed by atoms with Crippen molar-refractivity contribution in [1.82, 2.24) is 14.4 Å². The predicted molar refractivity (Wildman–Crippen MR) is 108 cm³/mol. The molecule has 4 rings (SSSR count). The highest BCUT2D eigenvalue weighted by Crippen LogP contribution is 2.26. The zero-order chi connectivity index (χ0) is 19.0. The van der Waals surface area contributed by atoms with Gasteiger partial charge < -0.3 is 14.4 Å². The van der Waals surface area contributed by atoms with E-state index >= 15 is 0 Å². The molecule has 1 aromatic heterocycles. The Morgan fingerprint density at radius 1 is 0.963 bits per heavy atom. The molecular formula is C21H25N3O2S. The molecule has 2 aliphatic rings. The summed E-state index contributed by atoms with van der Waals surface area (Å²) in [6.45, 7) is 5.79. The summed E-state index contributed by atoms with van der Waals surface area (Å²) in [6.07, 6.45) is 2.14. The number of carbonyl (C=O) groups excluding carboxylic acids is 2. The fraction of sp³-hybridized carbons (Fsp3) is 0.429. The summed E-state index contributed by atoms with van der Waals surface area (Å²) in [5.74, 6) is 1.34. The first-order valence-corrected chi connectivity index (χ1v) is 10.6. The molecule has 0 bridgehead atoms. The van der Waals surface area contributed by atoms with Crippen LogP contribution in [0.15, 0.2) is 36.4 Å². The average Bonchev–Trinajstić information content (AvgIpc) is 3.42. The van der Waals surface area contributed by atoms with Crippen LogP contribution in [0.1, 0.15) is 34.6 Å². The molecule has 2 aliphatic heterocycles. The number of hydrogen-bond donors (Lipinski definition) is 0. The average molecular weight is 384 g/mol. The van der Waals surface area contributed by atoms with Gasteiger partial charge in [-0.1, -0.05) is 0 Å². The molecule has 5 nitrogen and oxygen atoms in total. The van der Waals surface area contributed by atoms with Crippen LogP contribution in [0.2, 0.25) is 0 Å². The first kappa shape index (κ1) is 18.2. The van der Waals surface area contributed by atoms with Gasteiger partial charge in [-0.05, 0) is 63.1 Å². The molecule has 0 N–H and O–H groups in total. The number of nitrogens with zero attached hydrogens (tertiary/aromatic N) is 3. The van der Waals surface area contributed by atoms with Gasteiger partial charge in [0.25, 0.3) is 5.91 Å². The number of aryl methyl sites for hydroxylation is 2. The minimum Gasteiger partial charge on any atom is -0.341 e. The Balaban J connectivity index is 1.52. The van der Waals surface area contributed by atoms with Crippen LogP contribution in [0.4, 0.5) is 0 Å². The van der Waals surface area contributed by atoms with Gasteiger partial charge >= 0.3 is 0 Å². The molecule has 0 aliphatic carbocycles. The lowest BCUT2D eigenvalue weighted by Gasteiger charge is -2.27. The van der Waals surface area contributed by atoms with Crippen molar-refractivity contribution >= 4 is 23.6 Å². The topological polar surface area (TPSA) is 45.6 Å². The summed E-state index contributed by atoms with van der Waals surface area (Å²) < 4.78 is 2.17. The van der Waals surface area contributed by atoms with E-state index in [4.69, 9.17) is 0 Å². The van der Waals surface area contributed by atoms with E-state index in [0.29, 0.717) is 17.2 Å². The van der Waals surface area contributed by atoms with E-state index in [1.807, 2.05) is 29.2 Å². The summed E-state index contributed by atoms with van der Waals surface area (Å²) in [4.78, 5) is 29.5. The quantitative estimate of drug-likeness (QED) is 0.817. The van der Waals surface area contributed by atoms with Gasteiger partial charge in [0.1, 0.15) is 6.04 Å². The zero-order valence-corrected chi connectivity index (χ0v) is 16.7. The molecule has 2 fully saturated rings. The number of hydrogen-bond acceptors (Lipinski definition) is 3. The highest BCUT2D eigenvalue weighted by atomic mass is 32.2. The molecule has 2 aromatic rings. The molecular weight excluding hydrogens is 358 g/mol. The highest BCUT2D eigenvalue weighted by molar-refractivity contribution is 7.99. The lowest BCUT2D eigenvalue weighted by atomic mass is 10.1. The maximum Gasteiger partial charge on any atom is 0.255 e. The zero-order valence-electron chi connectivity index (χ0n) is 15.9. The van der Waals surface area contributed by atoms with Crippen LogP contribution in [-0.2, 0) is 4.79 Å². The second-order valence-electron chi connectivity index (χ2n) is 7.32. The normalized spacial score (nSPS) is 19.7. The lowest BCUT2D eigenvalue weighted by Crippen LogP contribution is -2.48. The highest BCUT2D eigenvalue weighted by Gasteiger charge is 2.38. The Morgan fingerprint density at radius 2 is 1.59 bits per heavy atom. The SMILES string of the molecule is Cc1ccc(C)n1-c1ccc(C(=O)N2CSCC2C(=O)N2CCCC2)cc1. The number of thioether (sulfide) groups is 1. The van der Waals surface area contributed by atoms with Crippen molar-refractivity contribution in [3.05, 3.63) is 53.3 Å². The summed E-state index contributed by atoms with van der Waals surface area (Å²) in [5.41, 5.74) is 4.02. The number of benzene rings is 1. The predicted octanol–water partition coefficient (Wildman–Crippen LogP) is 3.23. The standard InChI is InChI=1S/C21H25N3O2S/c1-15-5-6-16(2)24(15)18-9-7-17(8-10-18)20(25)23-14-27-13-19(23)21(26)22-11-3-4-12-22/h5-10,19H,3-4,11-14H2,1-2H3. The minimum atomic E-state index is -0.325. The second kappa shape index (κ2) is 7.43. The van der Waals surface area contributed by atoms with Gasteiger partial charge in [-0.15, -0.1) is 11.8 Å². The van der Waals surface area contributed by atoms with Crippen molar-refractivity contribution in [2.45, 2.75) is 32.7 Å². The van der Waals surface area contributed by atoms with Gasteiger partial charge in [0.2, 0.25) is 5.91 Å². The van der Waals surface area contributed by atoms with Crippen LogP contribution < -0.4 is 0 Å². The van der Waals surface area contributed by atoms with E-state index in [-0.39, 0.29) is 17.9 Å². The molecule has 2 saturated heterocycles. The number of amides is 2. The Bertz CT molecular complexity index is 833. The molecule has 142 valence electrons. The van der Waals surface area contributed by atoms with E-state index in [0.717, 1.165) is 31.6 Å². The van der Waals surface area contributed by atoms with Crippen molar-refractivity contribution in [1.29, 1.82) is 0 Å². The second-order valence-corrected chi connectivity index (χ2v) is 8.32. The Labute approximate surface area is 164 Å². The first-order valence-electron chi connectivity index (χ1n) is 9.49. The Hall–Kier alpha value is -2.21. The number of rotatable bonds is 3. The van der Waals surface area contributed by atoms with Crippen LogP contribution in [0.3, 0.4) is 0 Å². The molecule has 27 heavy (non-hydrogen) atoms. The monoisotopic (exact) mass is 383 g/mol. The number of likely N-dealkylation sites (tertiary alicyclic amines) is 1. The van der Waals surface area contributed by atoms with E-state index in [1.165, 1.54) is 11.4 Å². The van der Waals surface area contributed by atoms with Crippen LogP contribution in [0.25, 0.3) is 5.69 Å². The third-order valence-corrected chi connectivity index (χ3v) is 6.50. The van der Waals surface area contributed by atoms with Gasteiger partial charge in [0, 0.05) is 41.5 Å². The van der Waals surface area contributed by atoms with Crippen LogP contribution in [0.5, 0.6) is 0 Å². The lowest BCUT2D eigenvalue weighted by molar-refractivity contribution is -0.133. The summed E-state index contributed by atoms with van der Waals surface area (Å²) in [6, 6.07) is 11.6. The van der Waals surface area contributed by atoms with E-state index in [1.54, 1.807) is 16.7 Å². The summed E-state index contributed by atoms with van der Waals surface area (Å²) in [7, 11) is 0.